The number of hydrogen-bond donors (Lipinski definition) is 0. The Morgan fingerprint density at radius 3 is 2.53 bits per heavy atom. The normalized spacial score (nSPS) is 19.4. The van der Waals surface area contributed by atoms with Crippen LogP contribution in [0.5, 0.6) is 0 Å². The highest BCUT2D eigenvalue weighted by molar-refractivity contribution is 5.94. The highest BCUT2D eigenvalue weighted by Gasteiger charge is 2.37. The molecule has 1 heterocycles. The Morgan fingerprint density at radius 2 is 2.00 bits per heavy atom. The van der Waals surface area contributed by atoms with Crippen LogP contribution in [0.25, 0.3) is 0 Å². The van der Waals surface area contributed by atoms with Crippen molar-refractivity contribution in [2.75, 3.05) is 18.1 Å². The van der Waals surface area contributed by atoms with Crippen molar-refractivity contribution in [3.8, 4) is 0 Å². The van der Waals surface area contributed by atoms with Gasteiger partial charge in [-0.1, -0.05) is 18.2 Å². The molecule has 19 heavy (non-hydrogen) atoms. The van der Waals surface area contributed by atoms with Crippen LogP contribution in [-0.2, 0) is 9.53 Å². The molecule has 0 aromatic heterocycles. The SMILES string of the molecule is O=C(CC(F)(F)F)N(c1ccccc1)[C@H]1CCOC1. The molecule has 1 amide bonds. The zero-order chi connectivity index (χ0) is 13.9. The zero-order valence-electron chi connectivity index (χ0n) is 10.2. The second kappa shape index (κ2) is 5.61. The van der Waals surface area contributed by atoms with Crippen LogP contribution < -0.4 is 4.90 Å². The summed E-state index contributed by atoms with van der Waals surface area (Å²) in [5, 5.41) is 0. The monoisotopic (exact) mass is 273 g/mol. The number of nitrogens with zero attached hydrogens (tertiary/aromatic N) is 1. The molecule has 3 nitrogen and oxygen atoms in total. The second-order valence-corrected chi connectivity index (χ2v) is 4.41. The van der Waals surface area contributed by atoms with Gasteiger partial charge in [-0.2, -0.15) is 13.2 Å². The molecule has 0 N–H and O–H groups in total. The summed E-state index contributed by atoms with van der Waals surface area (Å²) in [5.41, 5.74) is 0.479. The van der Waals surface area contributed by atoms with Gasteiger partial charge in [-0.15, -0.1) is 0 Å². The molecule has 0 aliphatic carbocycles. The van der Waals surface area contributed by atoms with Gasteiger partial charge < -0.3 is 9.64 Å². The van der Waals surface area contributed by atoms with Gasteiger partial charge in [0.1, 0.15) is 6.42 Å². The third kappa shape index (κ3) is 3.70. The van der Waals surface area contributed by atoms with E-state index in [9.17, 15) is 18.0 Å². The molecular weight excluding hydrogens is 259 g/mol. The highest BCUT2D eigenvalue weighted by atomic mass is 19.4. The summed E-state index contributed by atoms with van der Waals surface area (Å²) in [6, 6.07) is 8.08. The summed E-state index contributed by atoms with van der Waals surface area (Å²) >= 11 is 0. The predicted molar refractivity (Wildman–Crippen MR) is 63.8 cm³/mol. The van der Waals surface area contributed by atoms with Gasteiger partial charge in [-0.3, -0.25) is 4.79 Å². The number of anilines is 1. The van der Waals surface area contributed by atoms with Crippen LogP contribution >= 0.6 is 0 Å². The predicted octanol–water partition coefficient (Wildman–Crippen LogP) is 2.76. The molecule has 0 unspecified atom stereocenters. The van der Waals surface area contributed by atoms with E-state index in [4.69, 9.17) is 4.74 Å². The maximum atomic E-state index is 12.4. The number of amides is 1. The minimum atomic E-state index is -4.50. The molecule has 1 aliphatic rings. The fraction of sp³-hybridized carbons (Fsp3) is 0.462. The third-order valence-electron chi connectivity index (χ3n) is 2.93. The molecule has 1 aromatic rings. The standard InChI is InChI=1S/C13H14F3NO2/c14-13(15,16)8-12(18)17(11-6-7-19-9-11)10-4-2-1-3-5-10/h1-5,11H,6-9H2/t11-/m0/s1. The average molecular weight is 273 g/mol. The highest BCUT2D eigenvalue weighted by Crippen LogP contribution is 2.27. The van der Waals surface area contributed by atoms with Crippen molar-refractivity contribution in [3.05, 3.63) is 30.3 Å². The third-order valence-corrected chi connectivity index (χ3v) is 2.93. The van der Waals surface area contributed by atoms with Gasteiger partial charge in [0.15, 0.2) is 0 Å². The number of carbonyl (C=O) groups is 1. The largest absolute Gasteiger partial charge is 0.397 e. The van der Waals surface area contributed by atoms with Crippen LogP contribution in [0.4, 0.5) is 18.9 Å². The molecule has 1 aromatic carbocycles. The molecule has 2 rings (SSSR count). The first-order chi connectivity index (χ1) is 8.97. The van der Waals surface area contributed by atoms with Crippen LogP contribution in [0.1, 0.15) is 12.8 Å². The van der Waals surface area contributed by atoms with Gasteiger partial charge in [-0.25, -0.2) is 0 Å². The van der Waals surface area contributed by atoms with E-state index >= 15 is 0 Å². The number of halogens is 3. The Balaban J connectivity index is 2.22. The second-order valence-electron chi connectivity index (χ2n) is 4.41. The fourth-order valence-electron chi connectivity index (χ4n) is 2.13. The number of para-hydroxylation sites is 1. The Labute approximate surface area is 109 Å². The summed E-state index contributed by atoms with van der Waals surface area (Å²) in [4.78, 5) is 13.1. The van der Waals surface area contributed by atoms with E-state index in [1.54, 1.807) is 30.3 Å². The molecule has 0 bridgehead atoms. The lowest BCUT2D eigenvalue weighted by Gasteiger charge is -2.28. The van der Waals surface area contributed by atoms with Gasteiger partial charge in [-0.05, 0) is 18.6 Å². The Morgan fingerprint density at radius 1 is 1.32 bits per heavy atom. The molecular formula is C13H14F3NO2. The Bertz CT molecular complexity index is 427. The van der Waals surface area contributed by atoms with E-state index in [0.29, 0.717) is 18.7 Å². The van der Waals surface area contributed by atoms with E-state index in [2.05, 4.69) is 0 Å². The molecule has 104 valence electrons. The summed E-state index contributed by atoms with van der Waals surface area (Å²) in [5.74, 6) is -0.936. The molecule has 1 atom stereocenters. The Kier molecular flexibility index (Phi) is 4.09. The first kappa shape index (κ1) is 13.9. The van der Waals surface area contributed by atoms with E-state index in [-0.39, 0.29) is 12.6 Å². The molecule has 0 spiro atoms. The van der Waals surface area contributed by atoms with E-state index in [1.807, 2.05) is 0 Å². The summed E-state index contributed by atoms with van der Waals surface area (Å²) in [7, 11) is 0. The van der Waals surface area contributed by atoms with Crippen molar-refractivity contribution in [1.29, 1.82) is 0 Å². The smallest absolute Gasteiger partial charge is 0.379 e. The van der Waals surface area contributed by atoms with E-state index in [1.165, 1.54) is 4.90 Å². The first-order valence-electron chi connectivity index (χ1n) is 5.99. The quantitative estimate of drug-likeness (QED) is 0.847. The van der Waals surface area contributed by atoms with Crippen molar-refractivity contribution in [3.63, 3.8) is 0 Å². The van der Waals surface area contributed by atoms with Crippen molar-refractivity contribution in [2.24, 2.45) is 0 Å². The van der Waals surface area contributed by atoms with Crippen LogP contribution in [0, 0.1) is 0 Å². The van der Waals surface area contributed by atoms with Crippen molar-refractivity contribution in [1.82, 2.24) is 0 Å². The van der Waals surface area contributed by atoms with Gasteiger partial charge >= 0.3 is 6.18 Å². The number of benzene rings is 1. The Hall–Kier alpha value is -1.56. The maximum Gasteiger partial charge on any atom is 0.397 e. The minimum absolute atomic E-state index is 0.276. The first-order valence-corrected chi connectivity index (χ1v) is 5.99. The molecule has 1 saturated heterocycles. The fourth-order valence-corrected chi connectivity index (χ4v) is 2.13. The molecule has 0 radical (unpaired) electrons. The lowest BCUT2D eigenvalue weighted by Crippen LogP contribution is -2.42. The van der Waals surface area contributed by atoms with Gasteiger partial charge in [0, 0.05) is 12.3 Å². The topological polar surface area (TPSA) is 29.5 Å². The molecule has 1 fully saturated rings. The summed E-state index contributed by atoms with van der Waals surface area (Å²) in [6.07, 6.45) is -5.39. The van der Waals surface area contributed by atoms with Crippen LogP contribution in [0.2, 0.25) is 0 Å². The summed E-state index contributed by atoms with van der Waals surface area (Å²) in [6.45, 7) is 0.742. The van der Waals surface area contributed by atoms with E-state index < -0.39 is 18.5 Å². The van der Waals surface area contributed by atoms with Crippen LogP contribution in [0.15, 0.2) is 30.3 Å². The van der Waals surface area contributed by atoms with Crippen LogP contribution in [-0.4, -0.2) is 31.3 Å². The van der Waals surface area contributed by atoms with Crippen LogP contribution in [0.3, 0.4) is 0 Å². The number of carbonyl (C=O) groups excluding carboxylic acids is 1. The van der Waals surface area contributed by atoms with Crippen molar-refractivity contribution >= 4 is 11.6 Å². The van der Waals surface area contributed by atoms with E-state index in [0.717, 1.165) is 0 Å². The number of ether oxygens (including phenoxy) is 1. The van der Waals surface area contributed by atoms with Gasteiger partial charge in [0.25, 0.3) is 0 Å². The molecule has 0 saturated carbocycles. The number of alkyl halides is 3. The maximum absolute atomic E-state index is 12.4. The molecule has 1 aliphatic heterocycles. The number of hydrogen-bond acceptors (Lipinski definition) is 2. The lowest BCUT2D eigenvalue weighted by atomic mass is 10.1. The minimum Gasteiger partial charge on any atom is -0.379 e. The van der Waals surface area contributed by atoms with Gasteiger partial charge in [0.2, 0.25) is 5.91 Å². The lowest BCUT2D eigenvalue weighted by molar-refractivity contribution is -0.152. The van der Waals surface area contributed by atoms with Crippen molar-refractivity contribution in [2.45, 2.75) is 25.1 Å². The zero-order valence-corrected chi connectivity index (χ0v) is 10.2. The van der Waals surface area contributed by atoms with Crippen molar-refractivity contribution < 1.29 is 22.7 Å². The molecule has 6 heteroatoms. The van der Waals surface area contributed by atoms with Gasteiger partial charge in [0.05, 0.1) is 12.6 Å². The summed E-state index contributed by atoms with van der Waals surface area (Å²) < 4.78 is 42.3. The average Bonchev–Trinajstić information content (AvgIpc) is 2.82. The number of rotatable bonds is 3.